The molecule has 1 amide bonds. The molecular weight excluding hydrogens is 388 g/mol. The van der Waals surface area contributed by atoms with Gasteiger partial charge in [0.25, 0.3) is 0 Å². The molecule has 0 unspecified atom stereocenters. The van der Waals surface area contributed by atoms with E-state index in [4.69, 9.17) is 0 Å². The lowest BCUT2D eigenvalue weighted by Crippen LogP contribution is -2.15. The summed E-state index contributed by atoms with van der Waals surface area (Å²) in [6.45, 7) is 5.58. The predicted octanol–water partition coefficient (Wildman–Crippen LogP) is 3.89. The fraction of sp³-hybridized carbons (Fsp3) is 0.320. The molecule has 3 N–H and O–H groups in total. The highest BCUT2D eigenvalue weighted by atomic mass is 16.3. The van der Waals surface area contributed by atoms with Crippen molar-refractivity contribution in [1.29, 1.82) is 0 Å². The lowest BCUT2D eigenvalue weighted by Gasteiger charge is -2.17. The number of fused-ring (bicyclic) bond motifs is 1. The van der Waals surface area contributed by atoms with Gasteiger partial charge in [-0.2, -0.15) is 0 Å². The average Bonchev–Trinajstić information content (AvgIpc) is 3.48. The minimum Gasteiger partial charge on any atom is -0.386 e. The number of aliphatic hydroxyl groups is 1. The highest BCUT2D eigenvalue weighted by molar-refractivity contribution is 5.99. The molecule has 1 aliphatic rings. The van der Waals surface area contributed by atoms with Crippen molar-refractivity contribution in [2.24, 2.45) is 11.8 Å². The smallest absolute Gasteiger partial charge is 0.228 e. The molecule has 158 valence electrons. The fourth-order valence-electron chi connectivity index (χ4n) is 3.51. The lowest BCUT2D eigenvalue weighted by molar-refractivity contribution is -0.117. The van der Waals surface area contributed by atoms with Crippen LogP contribution in [0.15, 0.2) is 42.7 Å². The van der Waals surface area contributed by atoms with Crippen molar-refractivity contribution >= 4 is 28.3 Å². The quantitative estimate of drug-likeness (QED) is 0.564. The maximum Gasteiger partial charge on any atom is 0.228 e. The van der Waals surface area contributed by atoms with Crippen LogP contribution < -0.4 is 10.6 Å². The van der Waals surface area contributed by atoms with E-state index in [2.05, 4.69) is 39.4 Å². The highest BCUT2D eigenvalue weighted by Crippen LogP contribution is 2.38. The van der Waals surface area contributed by atoms with Gasteiger partial charge in [0.2, 0.25) is 5.91 Å². The van der Waals surface area contributed by atoms with Gasteiger partial charge in [-0.05, 0) is 49.9 Å². The minimum atomic E-state index is -0.888. The molecule has 31 heavy (non-hydrogen) atoms. The van der Waals surface area contributed by atoms with Crippen molar-refractivity contribution in [2.75, 3.05) is 17.7 Å². The number of amides is 1. The Labute approximate surface area is 182 Å². The number of hydrogen-bond acceptors (Lipinski definition) is 5. The van der Waals surface area contributed by atoms with Gasteiger partial charge in [0.05, 0.1) is 11.2 Å². The fourth-order valence-corrected chi connectivity index (χ4v) is 3.51. The van der Waals surface area contributed by atoms with Crippen molar-refractivity contribution < 1.29 is 9.90 Å². The Kier molecular flexibility index (Phi) is 5.38. The second kappa shape index (κ2) is 8.01. The summed E-state index contributed by atoms with van der Waals surface area (Å²) in [5.74, 6) is 8.11. The zero-order chi connectivity index (χ0) is 22.2. The van der Waals surface area contributed by atoms with Gasteiger partial charge in [0.1, 0.15) is 11.6 Å². The zero-order valence-corrected chi connectivity index (χ0v) is 18.2. The van der Waals surface area contributed by atoms with Gasteiger partial charge in [-0.3, -0.25) is 4.79 Å². The van der Waals surface area contributed by atoms with E-state index in [0.717, 1.165) is 33.9 Å². The van der Waals surface area contributed by atoms with Crippen LogP contribution in [0.25, 0.3) is 10.8 Å². The summed E-state index contributed by atoms with van der Waals surface area (Å²) in [4.78, 5) is 21.2. The van der Waals surface area contributed by atoms with Crippen LogP contribution in [-0.2, 0) is 10.4 Å². The molecule has 0 bridgehead atoms. The molecule has 1 fully saturated rings. The van der Waals surface area contributed by atoms with Crippen molar-refractivity contribution in [3.63, 3.8) is 0 Å². The molecule has 4 rings (SSSR count). The normalized spacial score (nSPS) is 17.6. The van der Waals surface area contributed by atoms with E-state index in [9.17, 15) is 9.90 Å². The molecule has 6 heteroatoms. The predicted molar refractivity (Wildman–Crippen MR) is 123 cm³/mol. The first kappa shape index (κ1) is 20.8. The number of aromatic nitrogens is 2. The van der Waals surface area contributed by atoms with Gasteiger partial charge >= 0.3 is 0 Å². The number of carbonyl (C=O) groups excluding carboxylic acids is 1. The zero-order valence-electron chi connectivity index (χ0n) is 18.2. The summed E-state index contributed by atoms with van der Waals surface area (Å²) in [5, 5.41) is 17.8. The Morgan fingerprint density at radius 2 is 1.84 bits per heavy atom. The van der Waals surface area contributed by atoms with Gasteiger partial charge in [-0.1, -0.05) is 30.9 Å². The van der Waals surface area contributed by atoms with Crippen LogP contribution in [0.1, 0.15) is 43.9 Å². The third kappa shape index (κ3) is 4.52. The van der Waals surface area contributed by atoms with E-state index < -0.39 is 5.60 Å². The summed E-state index contributed by atoms with van der Waals surface area (Å²) >= 11 is 0. The number of anilines is 2. The van der Waals surface area contributed by atoms with Crippen LogP contribution >= 0.6 is 0 Å². The molecule has 3 aromatic rings. The van der Waals surface area contributed by atoms with E-state index in [1.54, 1.807) is 26.2 Å². The Balaban J connectivity index is 1.68. The molecule has 0 saturated heterocycles. The van der Waals surface area contributed by atoms with Gasteiger partial charge in [-0.25, -0.2) is 9.97 Å². The van der Waals surface area contributed by atoms with Gasteiger partial charge in [0.15, 0.2) is 0 Å². The number of hydrogen-bond donors (Lipinski definition) is 3. The molecule has 6 nitrogen and oxygen atoms in total. The molecule has 2 aromatic heterocycles. The third-order valence-electron chi connectivity index (χ3n) is 5.64. The monoisotopic (exact) mass is 414 g/mol. The van der Waals surface area contributed by atoms with Crippen LogP contribution in [0.3, 0.4) is 0 Å². The number of nitrogens with one attached hydrogen (secondary N) is 2. The second-order valence-electron chi connectivity index (χ2n) is 8.58. The lowest BCUT2D eigenvalue weighted by atomic mass is 9.97. The number of pyridine rings is 2. The van der Waals surface area contributed by atoms with E-state index in [-0.39, 0.29) is 11.8 Å². The van der Waals surface area contributed by atoms with Crippen LogP contribution in [0.5, 0.6) is 0 Å². The van der Waals surface area contributed by atoms with Crippen LogP contribution in [-0.4, -0.2) is 28.0 Å². The Bertz CT molecular complexity index is 1200. The molecule has 1 aromatic carbocycles. The van der Waals surface area contributed by atoms with Gasteiger partial charge in [-0.15, -0.1) is 0 Å². The number of benzene rings is 1. The Morgan fingerprint density at radius 3 is 2.45 bits per heavy atom. The summed E-state index contributed by atoms with van der Waals surface area (Å²) in [5.41, 5.74) is 1.53. The van der Waals surface area contributed by atoms with Crippen molar-refractivity contribution in [3.05, 3.63) is 59.4 Å². The Morgan fingerprint density at radius 1 is 1.13 bits per heavy atom. The Hall–Kier alpha value is -3.43. The van der Waals surface area contributed by atoms with Crippen molar-refractivity contribution in [2.45, 2.75) is 32.8 Å². The minimum absolute atomic E-state index is 0.0155. The number of carbonyl (C=O) groups is 1. The molecule has 0 aliphatic heterocycles. The van der Waals surface area contributed by atoms with Crippen LogP contribution in [0.4, 0.5) is 11.6 Å². The van der Waals surface area contributed by atoms with E-state index >= 15 is 0 Å². The summed E-state index contributed by atoms with van der Waals surface area (Å²) in [6.07, 6.45) is 4.36. The standard InChI is InChI=1S/C25H26N4O2/c1-15-11-19(15)24(30)29-22-12-20-17(13-28-23(26-4)21(20)14-27-22)8-5-16-6-9-18(10-7-16)25(2,3)31/h6-7,9-10,12-15,19,31H,11H2,1-4H3,(H,26,28)(H,27,29,30)/t15-,19+/m1/s1. The molecule has 1 aliphatic carbocycles. The number of rotatable bonds is 4. The SMILES string of the molecule is CNc1ncc(C#Cc2ccc(C(C)(C)O)cc2)c2cc(NC(=O)[C@H]3C[C@H]3C)ncc12. The topological polar surface area (TPSA) is 87.1 Å². The molecule has 2 atom stereocenters. The molecule has 0 radical (unpaired) electrons. The molecule has 1 saturated carbocycles. The average molecular weight is 415 g/mol. The maximum atomic E-state index is 12.3. The van der Waals surface area contributed by atoms with Crippen molar-refractivity contribution in [3.8, 4) is 11.8 Å². The maximum absolute atomic E-state index is 12.3. The summed E-state index contributed by atoms with van der Waals surface area (Å²) in [6, 6.07) is 9.38. The van der Waals surface area contributed by atoms with Crippen molar-refractivity contribution in [1.82, 2.24) is 9.97 Å². The first-order valence-corrected chi connectivity index (χ1v) is 10.4. The largest absolute Gasteiger partial charge is 0.386 e. The van der Waals surface area contributed by atoms with Gasteiger partial charge < -0.3 is 15.7 Å². The van der Waals surface area contributed by atoms with Crippen LogP contribution in [0, 0.1) is 23.7 Å². The molecular formula is C25H26N4O2. The van der Waals surface area contributed by atoms with Gasteiger partial charge in [0, 0.05) is 41.7 Å². The molecule has 2 heterocycles. The second-order valence-corrected chi connectivity index (χ2v) is 8.58. The highest BCUT2D eigenvalue weighted by Gasteiger charge is 2.39. The third-order valence-corrected chi connectivity index (χ3v) is 5.64. The first-order chi connectivity index (χ1) is 14.8. The summed E-state index contributed by atoms with van der Waals surface area (Å²) in [7, 11) is 1.81. The van der Waals surface area contributed by atoms with Crippen LogP contribution in [0.2, 0.25) is 0 Å². The van der Waals surface area contributed by atoms with E-state index in [1.807, 2.05) is 37.4 Å². The molecule has 0 spiro atoms. The first-order valence-electron chi connectivity index (χ1n) is 10.4. The van der Waals surface area contributed by atoms with E-state index in [0.29, 0.717) is 17.6 Å². The van der Waals surface area contributed by atoms with E-state index in [1.165, 1.54) is 0 Å². The number of nitrogens with zero attached hydrogens (tertiary/aromatic N) is 2. The summed E-state index contributed by atoms with van der Waals surface area (Å²) < 4.78 is 0.